The molecule has 0 atom stereocenters. The number of nitrogens with two attached hydrogens (primary N) is 1. The molecule has 3 N–H and O–H groups in total. The molecule has 0 bridgehead atoms. The molecule has 1 saturated heterocycles. The zero-order chi connectivity index (χ0) is 14.6. The van der Waals surface area contributed by atoms with Gasteiger partial charge in [0.25, 0.3) is 10.2 Å². The average Bonchev–Trinajstić information content (AvgIpc) is 2.88. The van der Waals surface area contributed by atoms with Crippen molar-refractivity contribution in [2.45, 2.75) is 38.1 Å². The molecule has 0 aromatic heterocycles. The van der Waals surface area contributed by atoms with Gasteiger partial charge in [-0.15, -0.1) is 0 Å². The highest BCUT2D eigenvalue weighted by Gasteiger charge is 2.24. The van der Waals surface area contributed by atoms with Crippen LogP contribution in [-0.4, -0.2) is 62.3 Å². The standard InChI is InChI=1S/C12H24N4O3S/c13-20(18,19)16-9-7-15(8-10-16)6-5-12(17)14-11-3-1-2-4-11/h11H,1-10H2,(H,14,17)(H2,13,18,19). The van der Waals surface area contributed by atoms with Crippen LogP contribution >= 0.6 is 0 Å². The molecule has 2 aliphatic rings. The van der Waals surface area contributed by atoms with Crippen molar-refractivity contribution >= 4 is 16.1 Å². The first-order valence-corrected chi connectivity index (χ1v) is 8.75. The number of nitrogens with zero attached hydrogens (tertiary/aromatic N) is 2. The maximum absolute atomic E-state index is 11.8. The Kier molecular flexibility index (Phi) is 5.36. The molecule has 0 unspecified atom stereocenters. The second kappa shape index (κ2) is 6.84. The van der Waals surface area contributed by atoms with Gasteiger partial charge in [-0.1, -0.05) is 12.8 Å². The van der Waals surface area contributed by atoms with E-state index in [9.17, 15) is 13.2 Å². The molecule has 0 aromatic rings. The molecule has 1 heterocycles. The van der Waals surface area contributed by atoms with Gasteiger partial charge in [0.05, 0.1) is 0 Å². The van der Waals surface area contributed by atoms with Crippen LogP contribution in [0.4, 0.5) is 0 Å². The van der Waals surface area contributed by atoms with Crippen LogP contribution in [0.1, 0.15) is 32.1 Å². The van der Waals surface area contributed by atoms with Crippen molar-refractivity contribution in [1.29, 1.82) is 0 Å². The predicted molar refractivity (Wildman–Crippen MR) is 76.1 cm³/mol. The molecule has 0 spiro atoms. The molecule has 0 radical (unpaired) electrons. The second-order valence-electron chi connectivity index (χ2n) is 5.58. The van der Waals surface area contributed by atoms with Crippen LogP contribution < -0.4 is 10.5 Å². The Bertz CT molecular complexity index is 426. The van der Waals surface area contributed by atoms with Gasteiger partial charge in [0.2, 0.25) is 5.91 Å². The molecule has 20 heavy (non-hydrogen) atoms. The first kappa shape index (κ1) is 15.7. The highest BCUT2D eigenvalue weighted by molar-refractivity contribution is 7.86. The number of hydrogen-bond acceptors (Lipinski definition) is 4. The van der Waals surface area contributed by atoms with Crippen molar-refractivity contribution < 1.29 is 13.2 Å². The molecule has 0 aromatic carbocycles. The summed E-state index contributed by atoms with van der Waals surface area (Å²) in [5, 5.41) is 8.14. The van der Waals surface area contributed by atoms with Crippen molar-refractivity contribution in [1.82, 2.24) is 14.5 Å². The minimum atomic E-state index is -3.57. The number of piperazine rings is 1. The minimum Gasteiger partial charge on any atom is -0.353 e. The van der Waals surface area contributed by atoms with Gasteiger partial charge < -0.3 is 10.2 Å². The van der Waals surface area contributed by atoms with Crippen LogP contribution in [0.15, 0.2) is 0 Å². The fraction of sp³-hybridized carbons (Fsp3) is 0.917. The third-order valence-corrected chi connectivity index (χ3v) is 5.15. The molecular weight excluding hydrogens is 280 g/mol. The number of hydrogen-bond donors (Lipinski definition) is 2. The van der Waals surface area contributed by atoms with Gasteiger partial charge in [-0.3, -0.25) is 4.79 Å². The third-order valence-electron chi connectivity index (χ3n) is 4.07. The van der Waals surface area contributed by atoms with Crippen molar-refractivity contribution in [2.75, 3.05) is 32.7 Å². The van der Waals surface area contributed by atoms with E-state index in [1.54, 1.807) is 0 Å². The van der Waals surface area contributed by atoms with Gasteiger partial charge in [-0.05, 0) is 12.8 Å². The summed E-state index contributed by atoms with van der Waals surface area (Å²) in [5.74, 6) is 0.103. The summed E-state index contributed by atoms with van der Waals surface area (Å²) in [6, 6.07) is 0.363. The van der Waals surface area contributed by atoms with Gasteiger partial charge in [0.1, 0.15) is 0 Å². The molecule has 8 heteroatoms. The lowest BCUT2D eigenvalue weighted by Crippen LogP contribution is -2.51. The Morgan fingerprint density at radius 1 is 1.15 bits per heavy atom. The Morgan fingerprint density at radius 3 is 2.30 bits per heavy atom. The fourth-order valence-corrected chi connectivity index (χ4v) is 3.51. The lowest BCUT2D eigenvalue weighted by Gasteiger charge is -2.32. The fourth-order valence-electron chi connectivity index (χ4n) is 2.84. The zero-order valence-corrected chi connectivity index (χ0v) is 12.6. The first-order valence-electron chi connectivity index (χ1n) is 7.25. The maximum Gasteiger partial charge on any atom is 0.276 e. The predicted octanol–water partition coefficient (Wildman–Crippen LogP) is -0.744. The number of amides is 1. The Labute approximate surface area is 120 Å². The molecule has 2 fully saturated rings. The molecule has 1 saturated carbocycles. The van der Waals surface area contributed by atoms with Crippen LogP contribution in [0.5, 0.6) is 0 Å². The smallest absolute Gasteiger partial charge is 0.276 e. The van der Waals surface area contributed by atoms with Crippen LogP contribution in [0.2, 0.25) is 0 Å². The Morgan fingerprint density at radius 2 is 1.75 bits per heavy atom. The molecule has 1 aliphatic carbocycles. The largest absolute Gasteiger partial charge is 0.353 e. The summed E-state index contributed by atoms with van der Waals surface area (Å²) in [4.78, 5) is 13.9. The highest BCUT2D eigenvalue weighted by Crippen LogP contribution is 2.17. The van der Waals surface area contributed by atoms with E-state index in [-0.39, 0.29) is 5.91 Å². The second-order valence-corrected chi connectivity index (χ2v) is 7.13. The van der Waals surface area contributed by atoms with E-state index in [2.05, 4.69) is 10.2 Å². The lowest BCUT2D eigenvalue weighted by atomic mass is 10.2. The number of carbonyl (C=O) groups excluding carboxylic acids is 1. The zero-order valence-electron chi connectivity index (χ0n) is 11.8. The van der Waals surface area contributed by atoms with Crippen LogP contribution in [0, 0.1) is 0 Å². The maximum atomic E-state index is 11.8. The van der Waals surface area contributed by atoms with Gasteiger partial charge in [-0.25, -0.2) is 5.14 Å². The molecule has 116 valence electrons. The SMILES string of the molecule is NS(=O)(=O)N1CCN(CCC(=O)NC2CCCC2)CC1. The normalized spacial score (nSPS) is 23.1. The first-order chi connectivity index (χ1) is 9.45. The lowest BCUT2D eigenvalue weighted by molar-refractivity contribution is -0.122. The third kappa shape index (κ3) is 4.69. The summed E-state index contributed by atoms with van der Waals surface area (Å²) >= 11 is 0. The summed E-state index contributed by atoms with van der Waals surface area (Å²) < 4.78 is 23.6. The van der Waals surface area contributed by atoms with E-state index in [0.29, 0.717) is 45.2 Å². The molecule has 7 nitrogen and oxygen atoms in total. The topological polar surface area (TPSA) is 95.7 Å². The van der Waals surface area contributed by atoms with E-state index in [1.807, 2.05) is 0 Å². The summed E-state index contributed by atoms with van der Waals surface area (Å²) in [6.45, 7) is 2.75. The van der Waals surface area contributed by atoms with Crippen molar-refractivity contribution in [3.8, 4) is 0 Å². The summed E-state index contributed by atoms with van der Waals surface area (Å²) in [5.41, 5.74) is 0. The molecule has 1 amide bonds. The van der Waals surface area contributed by atoms with Crippen molar-refractivity contribution in [3.63, 3.8) is 0 Å². The monoisotopic (exact) mass is 304 g/mol. The van der Waals surface area contributed by atoms with Gasteiger partial charge >= 0.3 is 0 Å². The van der Waals surface area contributed by atoms with E-state index in [1.165, 1.54) is 17.1 Å². The van der Waals surface area contributed by atoms with Gasteiger partial charge in [0, 0.05) is 45.2 Å². The quantitative estimate of drug-likeness (QED) is 0.699. The average molecular weight is 304 g/mol. The number of rotatable bonds is 5. The van der Waals surface area contributed by atoms with E-state index in [0.717, 1.165) is 12.8 Å². The van der Waals surface area contributed by atoms with Gasteiger partial charge in [0.15, 0.2) is 0 Å². The van der Waals surface area contributed by atoms with E-state index >= 15 is 0 Å². The minimum absolute atomic E-state index is 0.103. The van der Waals surface area contributed by atoms with E-state index in [4.69, 9.17) is 5.14 Å². The highest BCUT2D eigenvalue weighted by atomic mass is 32.2. The van der Waals surface area contributed by atoms with Crippen LogP contribution in [-0.2, 0) is 15.0 Å². The molecule has 1 aliphatic heterocycles. The Hall–Kier alpha value is -0.700. The van der Waals surface area contributed by atoms with Crippen molar-refractivity contribution in [2.24, 2.45) is 5.14 Å². The Balaban J connectivity index is 1.64. The molecule has 2 rings (SSSR count). The van der Waals surface area contributed by atoms with Crippen LogP contribution in [0.25, 0.3) is 0 Å². The number of nitrogens with one attached hydrogen (secondary N) is 1. The molecular formula is C12H24N4O3S. The van der Waals surface area contributed by atoms with Crippen LogP contribution in [0.3, 0.4) is 0 Å². The summed E-state index contributed by atoms with van der Waals surface area (Å²) in [6.07, 6.45) is 5.09. The number of carbonyl (C=O) groups is 1. The van der Waals surface area contributed by atoms with Gasteiger partial charge in [-0.2, -0.15) is 12.7 Å². The van der Waals surface area contributed by atoms with E-state index < -0.39 is 10.2 Å². The summed E-state index contributed by atoms with van der Waals surface area (Å²) in [7, 11) is -3.57. The van der Waals surface area contributed by atoms with Crippen molar-refractivity contribution in [3.05, 3.63) is 0 Å².